The smallest absolute Gasteiger partial charge is 0.253 e. The average molecular weight is 309 g/mol. The van der Waals surface area contributed by atoms with Gasteiger partial charge in [-0.15, -0.1) is 4.83 Å². The second-order valence-electron chi connectivity index (χ2n) is 5.39. The van der Waals surface area contributed by atoms with Crippen molar-refractivity contribution in [1.82, 2.24) is 24.7 Å². The summed E-state index contributed by atoms with van der Waals surface area (Å²) in [6, 6.07) is 4.92. The molecule has 7 nitrogen and oxygen atoms in total. The van der Waals surface area contributed by atoms with E-state index in [4.69, 9.17) is 0 Å². The first-order valence-corrected chi connectivity index (χ1v) is 8.35. The van der Waals surface area contributed by atoms with Crippen LogP contribution in [0.4, 0.5) is 0 Å². The third kappa shape index (κ3) is 3.08. The molecule has 1 aliphatic heterocycles. The third-order valence-electron chi connectivity index (χ3n) is 3.63. The Morgan fingerprint density at radius 3 is 2.67 bits per heavy atom. The number of nitrogens with zero attached hydrogens (tertiary/aromatic N) is 3. The molecule has 114 valence electrons. The summed E-state index contributed by atoms with van der Waals surface area (Å²) >= 11 is 0. The lowest BCUT2D eigenvalue weighted by molar-refractivity contribution is 0.135. The Morgan fingerprint density at radius 1 is 1.24 bits per heavy atom. The molecule has 1 saturated heterocycles. The van der Waals surface area contributed by atoms with E-state index in [0.29, 0.717) is 13.1 Å². The Kier molecular flexibility index (Phi) is 3.70. The summed E-state index contributed by atoms with van der Waals surface area (Å²) in [6.07, 6.45) is 0. The first-order chi connectivity index (χ1) is 9.94. The molecule has 0 aliphatic carbocycles. The summed E-state index contributed by atoms with van der Waals surface area (Å²) in [5, 5.41) is 1.75. The highest BCUT2D eigenvalue weighted by Crippen LogP contribution is 2.17. The molecule has 1 aliphatic rings. The molecule has 2 aromatic rings. The van der Waals surface area contributed by atoms with Gasteiger partial charge in [-0.2, -0.15) is 0 Å². The van der Waals surface area contributed by atoms with Crippen molar-refractivity contribution in [3.05, 3.63) is 24.0 Å². The van der Waals surface area contributed by atoms with E-state index in [1.54, 1.807) is 23.2 Å². The van der Waals surface area contributed by atoms with Gasteiger partial charge in [0, 0.05) is 26.2 Å². The monoisotopic (exact) mass is 309 g/mol. The Hall–Kier alpha value is -1.48. The number of nitrogens with one attached hydrogen (secondary N) is 2. The quantitative estimate of drug-likeness (QED) is 0.853. The molecule has 8 heteroatoms. The number of hydrogen-bond donors (Lipinski definition) is 2. The Labute approximate surface area is 124 Å². The molecule has 1 fully saturated rings. The first kappa shape index (κ1) is 14.5. The van der Waals surface area contributed by atoms with Crippen molar-refractivity contribution in [2.24, 2.45) is 0 Å². The van der Waals surface area contributed by atoms with Crippen LogP contribution in [0.3, 0.4) is 0 Å². The third-order valence-corrected chi connectivity index (χ3v) is 5.01. The van der Waals surface area contributed by atoms with Crippen molar-refractivity contribution in [2.45, 2.75) is 11.8 Å². The number of piperazine rings is 1. The summed E-state index contributed by atoms with van der Waals surface area (Å²) in [4.78, 5) is 12.4. The van der Waals surface area contributed by atoms with Gasteiger partial charge in [-0.05, 0) is 32.2 Å². The molecule has 21 heavy (non-hydrogen) atoms. The van der Waals surface area contributed by atoms with E-state index in [1.807, 2.05) is 14.0 Å². The predicted octanol–water partition coefficient (Wildman–Crippen LogP) is 0.312. The molecule has 1 aromatic heterocycles. The molecule has 0 amide bonds. The van der Waals surface area contributed by atoms with Gasteiger partial charge in [-0.1, -0.05) is 0 Å². The number of benzene rings is 1. The zero-order chi connectivity index (χ0) is 15.0. The molecular weight excluding hydrogens is 290 g/mol. The highest BCUT2D eigenvalue weighted by molar-refractivity contribution is 7.89. The van der Waals surface area contributed by atoms with Crippen LogP contribution in [0.5, 0.6) is 0 Å². The molecule has 0 bridgehead atoms. The number of rotatable bonds is 3. The summed E-state index contributed by atoms with van der Waals surface area (Å²) < 4.78 is 24.9. The number of aryl methyl sites for hydroxylation is 1. The van der Waals surface area contributed by atoms with Gasteiger partial charge < -0.3 is 9.88 Å². The van der Waals surface area contributed by atoms with Crippen LogP contribution in [-0.4, -0.2) is 61.5 Å². The van der Waals surface area contributed by atoms with Gasteiger partial charge in [-0.3, -0.25) is 0 Å². The van der Waals surface area contributed by atoms with Gasteiger partial charge >= 0.3 is 0 Å². The van der Waals surface area contributed by atoms with Crippen molar-refractivity contribution < 1.29 is 8.42 Å². The van der Waals surface area contributed by atoms with Crippen LogP contribution in [-0.2, 0) is 10.0 Å². The van der Waals surface area contributed by atoms with Crippen LogP contribution in [0.15, 0.2) is 23.1 Å². The topological polar surface area (TPSA) is 81.3 Å². The normalized spacial score (nSPS) is 18.4. The van der Waals surface area contributed by atoms with Gasteiger partial charge in [0.2, 0.25) is 0 Å². The van der Waals surface area contributed by atoms with E-state index in [0.717, 1.165) is 29.9 Å². The van der Waals surface area contributed by atoms with Gasteiger partial charge in [0.25, 0.3) is 10.0 Å². The molecule has 0 atom stereocenters. The Bertz CT molecular complexity index is 747. The van der Waals surface area contributed by atoms with E-state index in [1.165, 1.54) is 0 Å². The maximum atomic E-state index is 12.4. The van der Waals surface area contributed by atoms with E-state index < -0.39 is 10.0 Å². The van der Waals surface area contributed by atoms with Crippen molar-refractivity contribution in [2.75, 3.05) is 33.2 Å². The van der Waals surface area contributed by atoms with Crippen molar-refractivity contribution in [3.8, 4) is 0 Å². The zero-order valence-corrected chi connectivity index (χ0v) is 12.9. The van der Waals surface area contributed by atoms with E-state index >= 15 is 0 Å². The molecule has 0 spiro atoms. The number of H-pyrrole nitrogens is 1. The predicted molar refractivity (Wildman–Crippen MR) is 80.2 cm³/mol. The number of aromatic amines is 1. The molecule has 0 radical (unpaired) electrons. The zero-order valence-electron chi connectivity index (χ0n) is 12.1. The summed E-state index contributed by atoms with van der Waals surface area (Å²) in [7, 11) is -1.52. The molecule has 2 N–H and O–H groups in total. The number of fused-ring (bicyclic) bond motifs is 1. The number of likely N-dealkylation sites (N-methyl/N-ethyl adjacent to an activating group) is 1. The van der Waals surface area contributed by atoms with Crippen LogP contribution in [0.1, 0.15) is 5.82 Å². The van der Waals surface area contributed by atoms with Crippen molar-refractivity contribution >= 4 is 21.1 Å². The first-order valence-electron chi connectivity index (χ1n) is 6.86. The number of sulfonamides is 1. The second kappa shape index (κ2) is 5.38. The fourth-order valence-electron chi connectivity index (χ4n) is 2.40. The number of aromatic nitrogens is 2. The van der Waals surface area contributed by atoms with Crippen molar-refractivity contribution in [1.29, 1.82) is 0 Å². The van der Waals surface area contributed by atoms with Gasteiger partial charge in [0.1, 0.15) is 5.82 Å². The Balaban J connectivity index is 1.82. The molecule has 3 rings (SSSR count). The highest BCUT2D eigenvalue weighted by Gasteiger charge is 2.21. The maximum absolute atomic E-state index is 12.4. The summed E-state index contributed by atoms with van der Waals surface area (Å²) in [5.74, 6) is 0.770. The van der Waals surface area contributed by atoms with E-state index in [-0.39, 0.29) is 4.90 Å². The molecule has 2 heterocycles. The van der Waals surface area contributed by atoms with Gasteiger partial charge in [0.15, 0.2) is 0 Å². The lowest BCUT2D eigenvalue weighted by atomic mass is 10.3. The standard InChI is InChI=1S/C13H19N5O2S/c1-10-14-12-4-3-11(9-13(12)15-10)21(19,20)16-18-7-5-17(2)6-8-18/h3-4,9,16H,5-8H2,1-2H3,(H,14,15). The minimum absolute atomic E-state index is 0.248. The molecule has 0 saturated carbocycles. The number of hydrazine groups is 1. The minimum Gasteiger partial charge on any atom is -0.342 e. The second-order valence-corrected chi connectivity index (χ2v) is 7.05. The van der Waals surface area contributed by atoms with Crippen LogP contribution in [0, 0.1) is 6.92 Å². The molecule has 1 aromatic carbocycles. The summed E-state index contributed by atoms with van der Waals surface area (Å²) in [5.41, 5.74) is 1.50. The van der Waals surface area contributed by atoms with E-state index in [9.17, 15) is 8.42 Å². The SMILES string of the molecule is Cc1nc2ccc(S(=O)(=O)NN3CCN(C)CC3)cc2[nH]1. The van der Waals surface area contributed by atoms with Crippen LogP contribution in [0.2, 0.25) is 0 Å². The largest absolute Gasteiger partial charge is 0.342 e. The summed E-state index contributed by atoms with van der Waals surface area (Å²) in [6.45, 7) is 4.90. The highest BCUT2D eigenvalue weighted by atomic mass is 32.2. The van der Waals surface area contributed by atoms with Crippen LogP contribution < -0.4 is 4.83 Å². The van der Waals surface area contributed by atoms with E-state index in [2.05, 4.69) is 19.7 Å². The number of imidazole rings is 1. The Morgan fingerprint density at radius 2 is 1.95 bits per heavy atom. The van der Waals surface area contributed by atoms with Gasteiger partial charge in [-0.25, -0.2) is 18.4 Å². The average Bonchev–Trinajstić information content (AvgIpc) is 2.80. The van der Waals surface area contributed by atoms with Crippen molar-refractivity contribution in [3.63, 3.8) is 0 Å². The van der Waals surface area contributed by atoms with Crippen LogP contribution in [0.25, 0.3) is 11.0 Å². The fourth-order valence-corrected chi connectivity index (χ4v) is 3.55. The minimum atomic E-state index is -3.55. The maximum Gasteiger partial charge on any atom is 0.253 e. The molecular formula is C13H19N5O2S. The lowest BCUT2D eigenvalue weighted by Crippen LogP contribution is -2.52. The molecule has 0 unspecified atom stereocenters. The lowest BCUT2D eigenvalue weighted by Gasteiger charge is -2.32. The van der Waals surface area contributed by atoms with Crippen LogP contribution >= 0.6 is 0 Å². The number of hydrogen-bond acceptors (Lipinski definition) is 5. The van der Waals surface area contributed by atoms with Gasteiger partial charge in [0.05, 0.1) is 15.9 Å². The fraction of sp³-hybridized carbons (Fsp3) is 0.462.